The molecular weight excluding hydrogens is 348 g/mol. The van der Waals surface area contributed by atoms with Crippen LogP contribution in [0.4, 0.5) is 0 Å². The summed E-state index contributed by atoms with van der Waals surface area (Å²) in [4.78, 5) is 30.8. The SMILES string of the molecule is COc1cccc2cc(C(=O)N3CC(Oc4cccc(C)n4)C3)c(=O)oc12. The van der Waals surface area contributed by atoms with Crippen molar-refractivity contribution in [2.24, 2.45) is 0 Å². The Hall–Kier alpha value is -3.35. The van der Waals surface area contributed by atoms with E-state index >= 15 is 0 Å². The Labute approximate surface area is 155 Å². The molecule has 4 rings (SSSR count). The molecule has 3 heterocycles. The highest BCUT2D eigenvalue weighted by Crippen LogP contribution is 2.25. The van der Waals surface area contributed by atoms with Gasteiger partial charge in [-0.25, -0.2) is 9.78 Å². The highest BCUT2D eigenvalue weighted by molar-refractivity contribution is 5.97. The summed E-state index contributed by atoms with van der Waals surface area (Å²) in [7, 11) is 1.50. The van der Waals surface area contributed by atoms with Gasteiger partial charge in [-0.2, -0.15) is 0 Å². The first-order chi connectivity index (χ1) is 13.0. The lowest BCUT2D eigenvalue weighted by atomic mass is 10.1. The summed E-state index contributed by atoms with van der Waals surface area (Å²) in [5, 5.41) is 0.634. The number of carbonyl (C=O) groups is 1. The number of amides is 1. The monoisotopic (exact) mass is 366 g/mol. The van der Waals surface area contributed by atoms with Crippen molar-refractivity contribution >= 4 is 16.9 Å². The quantitative estimate of drug-likeness (QED) is 0.660. The summed E-state index contributed by atoms with van der Waals surface area (Å²) >= 11 is 0. The van der Waals surface area contributed by atoms with Gasteiger partial charge in [-0.3, -0.25) is 4.79 Å². The van der Waals surface area contributed by atoms with Crippen molar-refractivity contribution in [3.05, 3.63) is 64.1 Å². The summed E-state index contributed by atoms with van der Waals surface area (Å²) in [6, 6.07) is 12.3. The summed E-state index contributed by atoms with van der Waals surface area (Å²) in [6.45, 7) is 2.67. The zero-order valence-corrected chi connectivity index (χ0v) is 15.0. The molecule has 0 atom stereocenters. The van der Waals surface area contributed by atoms with Gasteiger partial charge in [0.2, 0.25) is 5.88 Å². The third-order valence-electron chi connectivity index (χ3n) is 4.46. The Kier molecular flexibility index (Phi) is 4.27. The molecule has 0 aliphatic carbocycles. The lowest BCUT2D eigenvalue weighted by Gasteiger charge is -2.38. The van der Waals surface area contributed by atoms with Crippen molar-refractivity contribution in [2.45, 2.75) is 13.0 Å². The van der Waals surface area contributed by atoms with Gasteiger partial charge in [-0.05, 0) is 25.1 Å². The highest BCUT2D eigenvalue weighted by Gasteiger charge is 2.34. The maximum absolute atomic E-state index is 12.7. The van der Waals surface area contributed by atoms with Crippen LogP contribution in [0, 0.1) is 6.92 Å². The Morgan fingerprint density at radius 3 is 2.74 bits per heavy atom. The first-order valence-corrected chi connectivity index (χ1v) is 8.55. The molecule has 0 saturated carbocycles. The number of pyridine rings is 1. The highest BCUT2D eigenvalue weighted by atomic mass is 16.5. The minimum atomic E-state index is -0.679. The van der Waals surface area contributed by atoms with E-state index < -0.39 is 5.63 Å². The summed E-state index contributed by atoms with van der Waals surface area (Å²) in [6.07, 6.45) is -0.143. The van der Waals surface area contributed by atoms with Crippen molar-refractivity contribution in [3.8, 4) is 11.6 Å². The van der Waals surface area contributed by atoms with E-state index in [9.17, 15) is 9.59 Å². The van der Waals surface area contributed by atoms with Crippen LogP contribution in [-0.2, 0) is 0 Å². The van der Waals surface area contributed by atoms with Crippen molar-refractivity contribution < 1.29 is 18.7 Å². The van der Waals surface area contributed by atoms with Gasteiger partial charge in [0.05, 0.1) is 20.2 Å². The number of hydrogen-bond donors (Lipinski definition) is 0. The molecule has 27 heavy (non-hydrogen) atoms. The molecule has 7 heteroatoms. The molecule has 7 nitrogen and oxygen atoms in total. The van der Waals surface area contributed by atoms with Crippen LogP contribution in [0.2, 0.25) is 0 Å². The van der Waals surface area contributed by atoms with Crippen molar-refractivity contribution in [3.63, 3.8) is 0 Å². The van der Waals surface area contributed by atoms with E-state index in [1.165, 1.54) is 7.11 Å². The normalized spacial score (nSPS) is 14.1. The predicted molar refractivity (Wildman–Crippen MR) is 98.3 cm³/mol. The number of hydrogen-bond acceptors (Lipinski definition) is 6. The third-order valence-corrected chi connectivity index (χ3v) is 4.46. The largest absolute Gasteiger partial charge is 0.493 e. The molecule has 0 bridgehead atoms. The molecule has 1 saturated heterocycles. The molecule has 1 aromatic carbocycles. The number of carbonyl (C=O) groups excluding carboxylic acids is 1. The number of aryl methyl sites for hydroxylation is 1. The van der Waals surface area contributed by atoms with E-state index in [4.69, 9.17) is 13.9 Å². The molecule has 1 aliphatic rings. The molecular formula is C20H18N2O5. The topological polar surface area (TPSA) is 81.9 Å². The smallest absolute Gasteiger partial charge is 0.349 e. The Morgan fingerprint density at radius 2 is 2.00 bits per heavy atom. The number of nitrogens with zero attached hydrogens (tertiary/aromatic N) is 2. The van der Waals surface area contributed by atoms with Crippen molar-refractivity contribution in [2.75, 3.05) is 20.2 Å². The first-order valence-electron chi connectivity index (χ1n) is 8.55. The van der Waals surface area contributed by atoms with Gasteiger partial charge in [0.1, 0.15) is 11.7 Å². The molecule has 0 N–H and O–H groups in total. The van der Waals surface area contributed by atoms with E-state index in [2.05, 4.69) is 4.98 Å². The molecule has 0 unspecified atom stereocenters. The van der Waals surface area contributed by atoms with Crippen LogP contribution in [0.5, 0.6) is 11.6 Å². The third kappa shape index (κ3) is 3.23. The van der Waals surface area contributed by atoms with E-state index in [1.54, 1.807) is 35.2 Å². The lowest BCUT2D eigenvalue weighted by molar-refractivity contribution is 0.0156. The molecule has 3 aromatic rings. The zero-order chi connectivity index (χ0) is 19.0. The van der Waals surface area contributed by atoms with Crippen LogP contribution in [0.3, 0.4) is 0 Å². The average molecular weight is 366 g/mol. The summed E-state index contributed by atoms with van der Waals surface area (Å²) in [5.41, 5.74) is 0.519. The number of aromatic nitrogens is 1. The fourth-order valence-electron chi connectivity index (χ4n) is 3.03. The molecule has 0 spiro atoms. The Morgan fingerprint density at radius 1 is 1.22 bits per heavy atom. The van der Waals surface area contributed by atoms with Gasteiger partial charge >= 0.3 is 5.63 Å². The van der Waals surface area contributed by atoms with E-state index in [0.29, 0.717) is 35.7 Å². The molecule has 1 aliphatic heterocycles. The van der Waals surface area contributed by atoms with Gasteiger partial charge in [0.15, 0.2) is 11.3 Å². The van der Waals surface area contributed by atoms with Crippen LogP contribution in [0.1, 0.15) is 16.1 Å². The van der Waals surface area contributed by atoms with E-state index in [1.807, 2.05) is 19.1 Å². The van der Waals surface area contributed by atoms with Crippen LogP contribution in [-0.4, -0.2) is 42.1 Å². The van der Waals surface area contributed by atoms with Crippen LogP contribution < -0.4 is 15.1 Å². The Bertz CT molecular complexity index is 1070. The lowest BCUT2D eigenvalue weighted by Crippen LogP contribution is -2.56. The summed E-state index contributed by atoms with van der Waals surface area (Å²) in [5.74, 6) is 0.613. The van der Waals surface area contributed by atoms with Gasteiger partial charge in [-0.1, -0.05) is 18.2 Å². The maximum Gasteiger partial charge on any atom is 0.349 e. The average Bonchev–Trinajstić information content (AvgIpc) is 2.63. The fourth-order valence-corrected chi connectivity index (χ4v) is 3.03. The second-order valence-corrected chi connectivity index (χ2v) is 6.39. The number of fused-ring (bicyclic) bond motifs is 1. The van der Waals surface area contributed by atoms with Crippen LogP contribution in [0.25, 0.3) is 11.0 Å². The van der Waals surface area contributed by atoms with E-state index in [-0.39, 0.29) is 17.6 Å². The predicted octanol–water partition coefficient (Wildman–Crippen LogP) is 2.41. The number of para-hydroxylation sites is 1. The van der Waals surface area contributed by atoms with Crippen molar-refractivity contribution in [1.82, 2.24) is 9.88 Å². The number of benzene rings is 1. The second kappa shape index (κ2) is 6.75. The van der Waals surface area contributed by atoms with Gasteiger partial charge in [0, 0.05) is 17.1 Å². The fraction of sp³-hybridized carbons (Fsp3) is 0.250. The van der Waals surface area contributed by atoms with Gasteiger partial charge in [-0.15, -0.1) is 0 Å². The maximum atomic E-state index is 12.7. The van der Waals surface area contributed by atoms with Crippen molar-refractivity contribution in [1.29, 1.82) is 0 Å². The standard InChI is InChI=1S/C20H18N2O5/c1-12-5-3-8-17(21-12)26-14-10-22(11-14)19(23)15-9-13-6-4-7-16(25-2)18(13)27-20(15)24/h3-9,14H,10-11H2,1-2H3. The molecule has 1 fully saturated rings. The summed E-state index contributed by atoms with van der Waals surface area (Å²) < 4.78 is 16.3. The van der Waals surface area contributed by atoms with Gasteiger partial charge < -0.3 is 18.8 Å². The van der Waals surface area contributed by atoms with Gasteiger partial charge in [0.25, 0.3) is 5.91 Å². The van der Waals surface area contributed by atoms with Crippen LogP contribution in [0.15, 0.2) is 51.7 Å². The van der Waals surface area contributed by atoms with Crippen LogP contribution >= 0.6 is 0 Å². The molecule has 1 amide bonds. The Balaban J connectivity index is 1.49. The van der Waals surface area contributed by atoms with E-state index in [0.717, 1.165) is 5.69 Å². The number of likely N-dealkylation sites (tertiary alicyclic amines) is 1. The number of methoxy groups -OCH3 is 1. The molecule has 138 valence electrons. The number of rotatable bonds is 4. The molecule has 0 radical (unpaired) electrons. The second-order valence-electron chi connectivity index (χ2n) is 6.39. The molecule has 2 aromatic heterocycles. The number of ether oxygens (including phenoxy) is 2. The minimum Gasteiger partial charge on any atom is -0.493 e. The minimum absolute atomic E-state index is 0.00267. The zero-order valence-electron chi connectivity index (χ0n) is 15.0. The first kappa shape index (κ1) is 17.1.